The lowest BCUT2D eigenvalue weighted by Crippen LogP contribution is -2.46. The second-order valence-corrected chi connectivity index (χ2v) is 8.35. The third-order valence-electron chi connectivity index (χ3n) is 5.17. The van der Waals surface area contributed by atoms with Gasteiger partial charge in [0.2, 0.25) is 5.91 Å². The van der Waals surface area contributed by atoms with Gasteiger partial charge in [-0.25, -0.2) is 4.98 Å². The summed E-state index contributed by atoms with van der Waals surface area (Å²) >= 11 is 0.737. The van der Waals surface area contributed by atoms with Crippen molar-refractivity contribution in [3.8, 4) is 17.4 Å². The van der Waals surface area contributed by atoms with Crippen LogP contribution in [0.5, 0.6) is 17.4 Å². The van der Waals surface area contributed by atoms with Gasteiger partial charge >= 0.3 is 5.69 Å². The first-order valence-corrected chi connectivity index (χ1v) is 11.2. The Morgan fingerprint density at radius 3 is 2.74 bits per heavy atom. The molecule has 2 aliphatic rings. The van der Waals surface area contributed by atoms with Gasteiger partial charge in [-0.2, -0.15) is 0 Å². The Labute approximate surface area is 203 Å². The number of hydrogen-bond donors (Lipinski definition) is 0. The van der Waals surface area contributed by atoms with Gasteiger partial charge in [-0.1, -0.05) is 6.07 Å². The summed E-state index contributed by atoms with van der Waals surface area (Å²) in [6.45, 7) is 1.34. The van der Waals surface area contributed by atoms with E-state index in [4.69, 9.17) is 14.2 Å². The number of nitro groups is 1. The van der Waals surface area contributed by atoms with Crippen LogP contribution in [0, 0.1) is 10.1 Å². The molecule has 35 heavy (non-hydrogen) atoms. The first kappa shape index (κ1) is 24.2. The van der Waals surface area contributed by atoms with Crippen LogP contribution in [-0.4, -0.2) is 76.7 Å². The smallest absolute Gasteiger partial charge is 0.331 e. The van der Waals surface area contributed by atoms with Crippen LogP contribution in [0.2, 0.25) is 0 Å². The zero-order valence-corrected chi connectivity index (χ0v) is 19.4. The van der Waals surface area contributed by atoms with Crippen LogP contribution in [0.1, 0.15) is 5.56 Å². The van der Waals surface area contributed by atoms with E-state index in [1.165, 1.54) is 37.6 Å². The van der Waals surface area contributed by atoms with Crippen molar-refractivity contribution in [1.82, 2.24) is 14.8 Å². The molecule has 1 aromatic heterocycles. The van der Waals surface area contributed by atoms with Gasteiger partial charge < -0.3 is 19.1 Å². The maximum Gasteiger partial charge on any atom is 0.331 e. The first-order chi connectivity index (χ1) is 16.9. The third kappa shape index (κ3) is 5.41. The van der Waals surface area contributed by atoms with Crippen LogP contribution in [0.25, 0.3) is 6.08 Å². The number of pyridine rings is 1. The SMILES string of the molecule is COc1cc(/C=C2\SC(=O)N(CC(=O)N3CCOCC3)C2=O)ccc1Oc1ncccc1[N+](=O)[O-]. The number of amides is 3. The highest BCUT2D eigenvalue weighted by Gasteiger charge is 2.37. The minimum atomic E-state index is -0.608. The third-order valence-corrected chi connectivity index (χ3v) is 6.08. The molecule has 0 atom stereocenters. The van der Waals surface area contributed by atoms with Gasteiger partial charge in [-0.05, 0) is 41.6 Å². The molecule has 4 rings (SSSR count). The molecule has 0 N–H and O–H groups in total. The number of rotatable bonds is 7. The number of carbonyl (C=O) groups is 3. The number of nitrogens with zero attached hydrogens (tertiary/aromatic N) is 4. The minimum absolute atomic E-state index is 0.154. The van der Waals surface area contributed by atoms with E-state index in [9.17, 15) is 24.5 Å². The first-order valence-electron chi connectivity index (χ1n) is 10.4. The Morgan fingerprint density at radius 2 is 2.03 bits per heavy atom. The highest BCUT2D eigenvalue weighted by molar-refractivity contribution is 8.18. The van der Waals surface area contributed by atoms with E-state index >= 15 is 0 Å². The molecule has 2 aliphatic heterocycles. The maximum absolute atomic E-state index is 12.8. The molecule has 3 heterocycles. The summed E-state index contributed by atoms with van der Waals surface area (Å²) in [5, 5.41) is 10.7. The number of methoxy groups -OCH3 is 1. The van der Waals surface area contributed by atoms with E-state index < -0.39 is 16.1 Å². The van der Waals surface area contributed by atoms with E-state index in [1.807, 2.05) is 0 Å². The standard InChI is InChI=1S/C22H20N4O8S/c1-32-17-11-14(4-5-16(17)34-20-15(26(30)31)3-2-6-23-20)12-18-21(28)25(22(29)35-18)13-19(27)24-7-9-33-10-8-24/h2-6,11-12H,7-10,13H2,1H3/b18-12-. The summed E-state index contributed by atoms with van der Waals surface area (Å²) in [5.74, 6) is -0.667. The highest BCUT2D eigenvalue weighted by atomic mass is 32.2. The summed E-state index contributed by atoms with van der Waals surface area (Å²) in [4.78, 5) is 54.8. The van der Waals surface area contributed by atoms with Crippen molar-refractivity contribution in [2.75, 3.05) is 40.0 Å². The van der Waals surface area contributed by atoms with Gasteiger partial charge in [-0.15, -0.1) is 0 Å². The number of imide groups is 1. The Kier molecular flexibility index (Phi) is 7.27. The largest absolute Gasteiger partial charge is 0.493 e. The molecule has 1 aromatic carbocycles. The lowest BCUT2D eigenvalue weighted by molar-refractivity contribution is -0.386. The Balaban J connectivity index is 1.50. The molecule has 12 nitrogen and oxygen atoms in total. The van der Waals surface area contributed by atoms with E-state index in [0.717, 1.165) is 16.7 Å². The number of morpholine rings is 1. The second kappa shape index (κ2) is 10.5. The van der Waals surface area contributed by atoms with E-state index in [2.05, 4.69) is 4.98 Å². The molecule has 3 amide bonds. The Morgan fingerprint density at radius 1 is 1.26 bits per heavy atom. The van der Waals surface area contributed by atoms with Crippen molar-refractivity contribution >= 4 is 40.6 Å². The number of ether oxygens (including phenoxy) is 3. The van der Waals surface area contributed by atoms with Crippen molar-refractivity contribution in [3.63, 3.8) is 0 Å². The molecule has 0 bridgehead atoms. The van der Waals surface area contributed by atoms with Crippen LogP contribution in [-0.2, 0) is 14.3 Å². The van der Waals surface area contributed by atoms with Gasteiger partial charge in [0.05, 0.1) is 30.2 Å². The molecule has 0 aliphatic carbocycles. The van der Waals surface area contributed by atoms with E-state index in [0.29, 0.717) is 31.9 Å². The van der Waals surface area contributed by atoms with Crippen LogP contribution >= 0.6 is 11.8 Å². The lowest BCUT2D eigenvalue weighted by atomic mass is 10.2. The van der Waals surface area contributed by atoms with Crippen molar-refractivity contribution in [2.24, 2.45) is 0 Å². The molecule has 182 valence electrons. The average molecular weight is 500 g/mol. The van der Waals surface area contributed by atoms with Crippen LogP contribution in [0.15, 0.2) is 41.4 Å². The molecule has 0 saturated carbocycles. The fraction of sp³-hybridized carbons (Fsp3) is 0.273. The predicted molar refractivity (Wildman–Crippen MR) is 124 cm³/mol. The molecule has 2 aromatic rings. The van der Waals surface area contributed by atoms with Crippen molar-refractivity contribution in [1.29, 1.82) is 0 Å². The molecular weight excluding hydrogens is 480 g/mol. The quantitative estimate of drug-likeness (QED) is 0.316. The van der Waals surface area contributed by atoms with E-state index in [-0.39, 0.29) is 40.4 Å². The van der Waals surface area contributed by atoms with Crippen molar-refractivity contribution < 1.29 is 33.5 Å². The summed E-state index contributed by atoms with van der Waals surface area (Å²) < 4.78 is 16.1. The fourth-order valence-corrected chi connectivity index (χ4v) is 4.24. The average Bonchev–Trinajstić information content (AvgIpc) is 3.12. The fourth-order valence-electron chi connectivity index (χ4n) is 3.40. The summed E-state index contributed by atoms with van der Waals surface area (Å²) in [6.07, 6.45) is 2.86. The normalized spacial score (nSPS) is 17.1. The molecule has 0 unspecified atom stereocenters. The predicted octanol–water partition coefficient (Wildman–Crippen LogP) is 2.69. The van der Waals surface area contributed by atoms with Crippen molar-refractivity contribution in [3.05, 3.63) is 57.1 Å². The summed E-state index contributed by atoms with van der Waals surface area (Å²) in [6, 6.07) is 7.35. The Bertz CT molecular complexity index is 1210. The maximum atomic E-state index is 12.8. The van der Waals surface area contributed by atoms with Gasteiger partial charge in [-0.3, -0.25) is 29.4 Å². The van der Waals surface area contributed by atoms with E-state index in [1.54, 1.807) is 17.0 Å². The summed E-state index contributed by atoms with van der Waals surface area (Å²) in [5.41, 5.74) is 0.216. The number of hydrogen-bond acceptors (Lipinski definition) is 10. The lowest BCUT2D eigenvalue weighted by Gasteiger charge is -2.28. The monoisotopic (exact) mass is 500 g/mol. The number of benzene rings is 1. The second-order valence-electron chi connectivity index (χ2n) is 7.36. The topological polar surface area (TPSA) is 141 Å². The molecule has 2 fully saturated rings. The van der Waals surface area contributed by atoms with Crippen LogP contribution in [0.4, 0.5) is 10.5 Å². The zero-order chi connectivity index (χ0) is 24.9. The zero-order valence-electron chi connectivity index (χ0n) is 18.5. The number of thioether (sulfide) groups is 1. The minimum Gasteiger partial charge on any atom is -0.493 e. The van der Waals surface area contributed by atoms with Gasteiger partial charge in [0.1, 0.15) is 6.54 Å². The molecule has 2 saturated heterocycles. The number of aromatic nitrogens is 1. The van der Waals surface area contributed by atoms with Crippen molar-refractivity contribution in [2.45, 2.75) is 0 Å². The highest BCUT2D eigenvalue weighted by Crippen LogP contribution is 2.37. The molecule has 0 spiro atoms. The number of carbonyl (C=O) groups excluding carboxylic acids is 3. The van der Waals surface area contributed by atoms with Gasteiger partial charge in [0, 0.05) is 25.4 Å². The molecular formula is C22H20N4O8S. The molecule has 13 heteroatoms. The Hall–Kier alpha value is -3.97. The summed E-state index contributed by atoms with van der Waals surface area (Å²) in [7, 11) is 1.39. The van der Waals surface area contributed by atoms with Crippen LogP contribution in [0.3, 0.4) is 0 Å². The molecule has 0 radical (unpaired) electrons. The van der Waals surface area contributed by atoms with Gasteiger partial charge in [0.15, 0.2) is 11.5 Å². The van der Waals surface area contributed by atoms with Crippen LogP contribution < -0.4 is 9.47 Å². The van der Waals surface area contributed by atoms with Gasteiger partial charge in [0.25, 0.3) is 17.0 Å².